The summed E-state index contributed by atoms with van der Waals surface area (Å²) in [5, 5.41) is 11.0. The summed E-state index contributed by atoms with van der Waals surface area (Å²) in [5.74, 6) is -0.0554. The Balaban J connectivity index is 1.68. The fourth-order valence-corrected chi connectivity index (χ4v) is 2.75. The first kappa shape index (κ1) is 19.3. The standard InChI is InChI=1S/C20H23N5O3/c1-3-5-17-9-18(28-24-17)11-22-20(27)15-7-4-6-14(8-15)16-10-23-25(12-16)13(2)19(21)26/h4,6-10,12-13H,3,5,11H2,1-2H3,(H2,21,26)(H,22,27)/t13-/m1/s1. The highest BCUT2D eigenvalue weighted by Gasteiger charge is 2.14. The normalized spacial score (nSPS) is 11.9. The van der Waals surface area contributed by atoms with Gasteiger partial charge in [-0.05, 0) is 31.0 Å². The Morgan fingerprint density at radius 1 is 1.29 bits per heavy atom. The molecule has 0 aliphatic carbocycles. The Hall–Kier alpha value is -3.42. The van der Waals surface area contributed by atoms with E-state index in [4.69, 9.17) is 10.3 Å². The molecule has 0 spiro atoms. The van der Waals surface area contributed by atoms with Crippen LogP contribution in [0.4, 0.5) is 0 Å². The predicted molar refractivity (Wildman–Crippen MR) is 103 cm³/mol. The molecule has 2 amide bonds. The Bertz CT molecular complexity index is 976. The summed E-state index contributed by atoms with van der Waals surface area (Å²) < 4.78 is 6.73. The van der Waals surface area contributed by atoms with Crippen molar-refractivity contribution in [1.29, 1.82) is 0 Å². The zero-order chi connectivity index (χ0) is 20.1. The first-order valence-electron chi connectivity index (χ1n) is 9.14. The molecule has 0 aliphatic rings. The molecule has 8 heteroatoms. The number of hydrogen-bond donors (Lipinski definition) is 2. The molecule has 0 saturated carbocycles. The molecule has 146 valence electrons. The fourth-order valence-electron chi connectivity index (χ4n) is 2.75. The number of primary amides is 1. The van der Waals surface area contributed by atoms with Crippen molar-refractivity contribution < 1.29 is 14.1 Å². The lowest BCUT2D eigenvalue weighted by Gasteiger charge is -2.07. The number of hydrogen-bond acceptors (Lipinski definition) is 5. The number of carbonyl (C=O) groups is 2. The number of nitrogens with zero attached hydrogens (tertiary/aromatic N) is 3. The molecule has 0 radical (unpaired) electrons. The van der Waals surface area contributed by atoms with Crippen LogP contribution in [0.15, 0.2) is 47.2 Å². The summed E-state index contributed by atoms with van der Waals surface area (Å²) in [6, 6.07) is 8.49. The van der Waals surface area contributed by atoms with Gasteiger partial charge in [0.25, 0.3) is 5.91 Å². The first-order valence-corrected chi connectivity index (χ1v) is 9.14. The van der Waals surface area contributed by atoms with E-state index in [0.29, 0.717) is 11.3 Å². The van der Waals surface area contributed by atoms with E-state index < -0.39 is 11.9 Å². The molecule has 2 aromatic heterocycles. The van der Waals surface area contributed by atoms with Crippen molar-refractivity contribution in [2.75, 3.05) is 0 Å². The van der Waals surface area contributed by atoms with Gasteiger partial charge >= 0.3 is 0 Å². The first-order chi connectivity index (χ1) is 13.5. The highest BCUT2D eigenvalue weighted by Crippen LogP contribution is 2.21. The average Bonchev–Trinajstić information content (AvgIpc) is 3.35. The van der Waals surface area contributed by atoms with E-state index >= 15 is 0 Å². The quantitative estimate of drug-likeness (QED) is 0.622. The van der Waals surface area contributed by atoms with Crippen LogP contribution < -0.4 is 11.1 Å². The van der Waals surface area contributed by atoms with Gasteiger partial charge in [0.05, 0.1) is 18.4 Å². The topological polar surface area (TPSA) is 116 Å². The fraction of sp³-hybridized carbons (Fsp3) is 0.300. The van der Waals surface area contributed by atoms with Gasteiger partial charge in [-0.15, -0.1) is 0 Å². The highest BCUT2D eigenvalue weighted by molar-refractivity contribution is 5.95. The molecular formula is C20H23N5O3. The van der Waals surface area contributed by atoms with Crippen LogP contribution >= 0.6 is 0 Å². The summed E-state index contributed by atoms with van der Waals surface area (Å²) in [4.78, 5) is 23.8. The Labute approximate surface area is 162 Å². The molecular weight excluding hydrogens is 358 g/mol. The number of aryl methyl sites for hydroxylation is 1. The monoisotopic (exact) mass is 381 g/mol. The van der Waals surface area contributed by atoms with Crippen LogP contribution in [0.25, 0.3) is 11.1 Å². The molecule has 3 aromatic rings. The Kier molecular flexibility index (Phi) is 5.88. The van der Waals surface area contributed by atoms with Gasteiger partial charge in [-0.3, -0.25) is 14.3 Å². The summed E-state index contributed by atoms with van der Waals surface area (Å²) in [5.41, 5.74) is 8.33. The van der Waals surface area contributed by atoms with Crippen molar-refractivity contribution in [2.45, 2.75) is 39.3 Å². The molecule has 0 saturated heterocycles. The maximum atomic E-state index is 12.5. The minimum atomic E-state index is -0.542. The van der Waals surface area contributed by atoms with E-state index in [-0.39, 0.29) is 12.5 Å². The van der Waals surface area contributed by atoms with Crippen molar-refractivity contribution in [3.05, 3.63) is 59.7 Å². The van der Waals surface area contributed by atoms with Gasteiger partial charge in [-0.25, -0.2) is 0 Å². The second-order valence-electron chi connectivity index (χ2n) is 6.59. The van der Waals surface area contributed by atoms with Crippen molar-refractivity contribution in [1.82, 2.24) is 20.3 Å². The predicted octanol–water partition coefficient (Wildman–Crippen LogP) is 2.47. The Morgan fingerprint density at radius 2 is 2.11 bits per heavy atom. The van der Waals surface area contributed by atoms with Crippen molar-refractivity contribution in [3.63, 3.8) is 0 Å². The average molecular weight is 381 g/mol. The molecule has 8 nitrogen and oxygen atoms in total. The number of carbonyl (C=O) groups excluding carboxylic acids is 2. The third-order valence-electron chi connectivity index (χ3n) is 4.41. The third kappa shape index (κ3) is 4.46. The largest absolute Gasteiger partial charge is 0.368 e. The van der Waals surface area contributed by atoms with E-state index in [1.54, 1.807) is 37.5 Å². The molecule has 1 aromatic carbocycles. The smallest absolute Gasteiger partial charge is 0.251 e. The molecule has 0 fully saturated rings. The molecule has 28 heavy (non-hydrogen) atoms. The van der Waals surface area contributed by atoms with Gasteiger partial charge in [0, 0.05) is 23.4 Å². The summed E-state index contributed by atoms with van der Waals surface area (Å²) >= 11 is 0. The highest BCUT2D eigenvalue weighted by atomic mass is 16.5. The maximum Gasteiger partial charge on any atom is 0.251 e. The molecule has 0 unspecified atom stereocenters. The van der Waals surface area contributed by atoms with Gasteiger partial charge in [0.2, 0.25) is 5.91 Å². The number of aromatic nitrogens is 3. The summed E-state index contributed by atoms with van der Waals surface area (Å²) in [6.07, 6.45) is 5.21. The van der Waals surface area contributed by atoms with E-state index in [9.17, 15) is 9.59 Å². The van der Waals surface area contributed by atoms with Crippen molar-refractivity contribution in [3.8, 4) is 11.1 Å². The van der Waals surface area contributed by atoms with Crippen LogP contribution in [0.5, 0.6) is 0 Å². The van der Waals surface area contributed by atoms with Crippen molar-refractivity contribution >= 4 is 11.8 Å². The molecule has 0 bridgehead atoms. The number of rotatable bonds is 8. The lowest BCUT2D eigenvalue weighted by molar-refractivity contribution is -0.120. The minimum Gasteiger partial charge on any atom is -0.368 e. The van der Waals surface area contributed by atoms with Gasteiger partial charge in [-0.2, -0.15) is 5.10 Å². The SMILES string of the molecule is CCCc1cc(CNC(=O)c2cccc(-c3cnn([C@H](C)C(N)=O)c3)c2)on1. The van der Waals surface area contributed by atoms with Crippen LogP contribution in [0, 0.1) is 0 Å². The number of amides is 2. The summed E-state index contributed by atoms with van der Waals surface area (Å²) in [7, 11) is 0. The molecule has 3 N–H and O–H groups in total. The van der Waals surface area contributed by atoms with Gasteiger partial charge in [-0.1, -0.05) is 30.6 Å². The third-order valence-corrected chi connectivity index (χ3v) is 4.41. The molecule has 3 rings (SSSR count). The summed E-state index contributed by atoms with van der Waals surface area (Å²) in [6.45, 7) is 4.02. The second-order valence-corrected chi connectivity index (χ2v) is 6.59. The van der Waals surface area contributed by atoms with Gasteiger partial charge in [0.1, 0.15) is 6.04 Å². The van der Waals surface area contributed by atoms with E-state index in [1.165, 1.54) is 4.68 Å². The zero-order valence-corrected chi connectivity index (χ0v) is 15.9. The number of nitrogens with one attached hydrogen (secondary N) is 1. The van der Waals surface area contributed by atoms with E-state index in [0.717, 1.165) is 29.7 Å². The molecule has 2 heterocycles. The van der Waals surface area contributed by atoms with Crippen LogP contribution in [0.1, 0.15) is 48.1 Å². The van der Waals surface area contributed by atoms with Gasteiger partial charge < -0.3 is 15.6 Å². The lowest BCUT2D eigenvalue weighted by Crippen LogP contribution is -2.24. The second kappa shape index (κ2) is 8.51. The van der Waals surface area contributed by atoms with E-state index in [1.807, 2.05) is 12.1 Å². The molecule has 0 aliphatic heterocycles. The van der Waals surface area contributed by atoms with E-state index in [2.05, 4.69) is 22.5 Å². The van der Waals surface area contributed by atoms with Crippen LogP contribution in [0.3, 0.4) is 0 Å². The zero-order valence-electron chi connectivity index (χ0n) is 15.9. The molecule has 1 atom stereocenters. The lowest BCUT2D eigenvalue weighted by atomic mass is 10.1. The van der Waals surface area contributed by atoms with Crippen LogP contribution in [-0.4, -0.2) is 26.8 Å². The maximum absolute atomic E-state index is 12.5. The van der Waals surface area contributed by atoms with Gasteiger partial charge in [0.15, 0.2) is 5.76 Å². The minimum absolute atomic E-state index is 0.215. The van der Waals surface area contributed by atoms with Crippen LogP contribution in [-0.2, 0) is 17.8 Å². The van der Waals surface area contributed by atoms with Crippen molar-refractivity contribution in [2.24, 2.45) is 5.73 Å². The van der Waals surface area contributed by atoms with Crippen LogP contribution in [0.2, 0.25) is 0 Å². The number of benzene rings is 1. The number of nitrogens with two attached hydrogens (primary N) is 1. The Morgan fingerprint density at radius 3 is 2.86 bits per heavy atom.